The first-order valence-electron chi connectivity index (χ1n) is 3.79. The summed E-state index contributed by atoms with van der Waals surface area (Å²) in [5.41, 5.74) is 1.92. The molecule has 62 valence electrons. The van der Waals surface area contributed by atoms with Gasteiger partial charge in [-0.05, 0) is 18.1 Å². The van der Waals surface area contributed by atoms with Crippen molar-refractivity contribution >= 4 is 5.65 Å². The van der Waals surface area contributed by atoms with Crippen LogP contribution >= 0.6 is 0 Å². The highest BCUT2D eigenvalue weighted by atomic mass is 16.2. The third kappa shape index (κ3) is 1.16. The Bertz CT molecular complexity index is 382. The molecule has 2 aromatic rings. The van der Waals surface area contributed by atoms with Crippen molar-refractivity contribution in [3.63, 3.8) is 0 Å². The molecule has 4 heteroatoms. The number of aromatic nitrogens is 3. The Labute approximate surface area is 69.5 Å². The molecule has 0 unspecified atom stereocenters. The summed E-state index contributed by atoms with van der Waals surface area (Å²) < 4.78 is 1.84. The van der Waals surface area contributed by atoms with Crippen molar-refractivity contribution in [2.45, 2.75) is 6.42 Å². The van der Waals surface area contributed by atoms with E-state index in [0.29, 0.717) is 6.42 Å². The van der Waals surface area contributed by atoms with E-state index in [2.05, 4.69) is 10.2 Å². The van der Waals surface area contributed by atoms with Crippen LogP contribution in [0.3, 0.4) is 0 Å². The lowest BCUT2D eigenvalue weighted by atomic mass is 10.2. The van der Waals surface area contributed by atoms with Crippen LogP contribution in [0.4, 0.5) is 0 Å². The highest BCUT2D eigenvalue weighted by Crippen LogP contribution is 2.03. The van der Waals surface area contributed by atoms with Gasteiger partial charge in [-0.3, -0.25) is 4.40 Å². The molecule has 12 heavy (non-hydrogen) atoms. The lowest BCUT2D eigenvalue weighted by Crippen LogP contribution is -1.93. The molecule has 1 N–H and O–H groups in total. The first-order chi connectivity index (χ1) is 5.90. The largest absolute Gasteiger partial charge is 0.396 e. The fourth-order valence-electron chi connectivity index (χ4n) is 1.15. The van der Waals surface area contributed by atoms with Crippen LogP contribution in [0.5, 0.6) is 0 Å². The normalized spacial score (nSPS) is 10.8. The Morgan fingerprint density at radius 2 is 2.33 bits per heavy atom. The zero-order chi connectivity index (χ0) is 8.39. The number of aliphatic hydroxyl groups is 1. The highest BCUT2D eigenvalue weighted by Gasteiger charge is 1.95. The standard InChI is InChI=1S/C8H9N3O/c12-4-3-7-1-2-8-10-9-6-11(8)5-7/h1-2,5-6,12H,3-4H2. The number of aliphatic hydroxyl groups excluding tert-OH is 1. The second kappa shape index (κ2) is 2.91. The van der Waals surface area contributed by atoms with E-state index in [0.717, 1.165) is 11.2 Å². The van der Waals surface area contributed by atoms with E-state index in [4.69, 9.17) is 5.11 Å². The van der Waals surface area contributed by atoms with Crippen LogP contribution in [0.2, 0.25) is 0 Å². The van der Waals surface area contributed by atoms with Gasteiger partial charge in [0.25, 0.3) is 0 Å². The van der Waals surface area contributed by atoms with Gasteiger partial charge in [0.1, 0.15) is 6.33 Å². The van der Waals surface area contributed by atoms with E-state index in [1.165, 1.54) is 0 Å². The fourth-order valence-corrected chi connectivity index (χ4v) is 1.15. The molecule has 0 atom stereocenters. The first kappa shape index (κ1) is 7.24. The van der Waals surface area contributed by atoms with Crippen molar-refractivity contribution in [3.8, 4) is 0 Å². The highest BCUT2D eigenvalue weighted by molar-refractivity contribution is 5.37. The molecule has 0 radical (unpaired) electrons. The second-order valence-corrected chi connectivity index (χ2v) is 2.61. The Balaban J connectivity index is 2.46. The van der Waals surface area contributed by atoms with Crippen LogP contribution in [0, 0.1) is 0 Å². The number of fused-ring (bicyclic) bond motifs is 1. The van der Waals surface area contributed by atoms with E-state index < -0.39 is 0 Å². The summed E-state index contributed by atoms with van der Waals surface area (Å²) in [6.45, 7) is 0.174. The maximum atomic E-state index is 8.70. The van der Waals surface area contributed by atoms with Crippen LogP contribution in [0.25, 0.3) is 5.65 Å². The molecular formula is C8H9N3O. The predicted molar refractivity (Wildman–Crippen MR) is 43.8 cm³/mol. The summed E-state index contributed by atoms with van der Waals surface area (Å²) >= 11 is 0. The van der Waals surface area contributed by atoms with E-state index >= 15 is 0 Å². The molecular weight excluding hydrogens is 154 g/mol. The van der Waals surface area contributed by atoms with Crippen molar-refractivity contribution in [2.24, 2.45) is 0 Å². The zero-order valence-corrected chi connectivity index (χ0v) is 6.51. The molecule has 4 nitrogen and oxygen atoms in total. The average Bonchev–Trinajstić information content (AvgIpc) is 2.51. The van der Waals surface area contributed by atoms with Gasteiger partial charge < -0.3 is 5.11 Å². The number of hydrogen-bond donors (Lipinski definition) is 1. The lowest BCUT2D eigenvalue weighted by molar-refractivity contribution is 0.299. The van der Waals surface area contributed by atoms with E-state index in [1.54, 1.807) is 6.33 Å². The third-order valence-electron chi connectivity index (χ3n) is 1.75. The van der Waals surface area contributed by atoms with Crippen LogP contribution in [0.1, 0.15) is 5.56 Å². The van der Waals surface area contributed by atoms with Crippen LogP contribution in [-0.2, 0) is 6.42 Å². The molecule has 0 aromatic carbocycles. The molecule has 0 aliphatic rings. The molecule has 2 rings (SSSR count). The molecule has 0 saturated heterocycles. The number of nitrogens with zero attached hydrogens (tertiary/aromatic N) is 3. The van der Waals surface area contributed by atoms with Crippen molar-refractivity contribution in [3.05, 3.63) is 30.2 Å². The molecule has 0 saturated carbocycles. The van der Waals surface area contributed by atoms with Gasteiger partial charge in [0.15, 0.2) is 5.65 Å². The molecule has 0 aliphatic heterocycles. The quantitative estimate of drug-likeness (QED) is 0.691. The van der Waals surface area contributed by atoms with Crippen LogP contribution in [0.15, 0.2) is 24.7 Å². The van der Waals surface area contributed by atoms with E-state index in [-0.39, 0.29) is 6.61 Å². The van der Waals surface area contributed by atoms with Crippen LogP contribution in [-0.4, -0.2) is 26.3 Å². The summed E-state index contributed by atoms with van der Waals surface area (Å²) in [7, 11) is 0. The van der Waals surface area contributed by atoms with Crippen molar-refractivity contribution in [1.82, 2.24) is 14.6 Å². The molecule has 2 aromatic heterocycles. The summed E-state index contributed by atoms with van der Waals surface area (Å²) in [6.07, 6.45) is 4.25. The molecule has 0 fully saturated rings. The Hall–Kier alpha value is -1.42. The van der Waals surface area contributed by atoms with Gasteiger partial charge in [-0.2, -0.15) is 0 Å². The van der Waals surface area contributed by atoms with Gasteiger partial charge >= 0.3 is 0 Å². The second-order valence-electron chi connectivity index (χ2n) is 2.61. The molecule has 2 heterocycles. The summed E-state index contributed by atoms with van der Waals surface area (Å²) in [4.78, 5) is 0. The number of rotatable bonds is 2. The minimum atomic E-state index is 0.174. The Morgan fingerprint density at radius 1 is 1.42 bits per heavy atom. The van der Waals surface area contributed by atoms with Gasteiger partial charge in [-0.1, -0.05) is 6.07 Å². The minimum Gasteiger partial charge on any atom is -0.396 e. The lowest BCUT2D eigenvalue weighted by Gasteiger charge is -1.97. The summed E-state index contributed by atoms with van der Waals surface area (Å²) in [6, 6.07) is 3.83. The van der Waals surface area contributed by atoms with Crippen molar-refractivity contribution in [2.75, 3.05) is 6.61 Å². The third-order valence-corrected chi connectivity index (χ3v) is 1.75. The summed E-state index contributed by atoms with van der Waals surface area (Å²) in [5, 5.41) is 16.3. The maximum absolute atomic E-state index is 8.70. The van der Waals surface area contributed by atoms with Crippen molar-refractivity contribution in [1.29, 1.82) is 0 Å². The van der Waals surface area contributed by atoms with Crippen LogP contribution < -0.4 is 0 Å². The van der Waals surface area contributed by atoms with Gasteiger partial charge in [0.2, 0.25) is 0 Å². The average molecular weight is 163 g/mol. The molecule has 0 bridgehead atoms. The van der Waals surface area contributed by atoms with Gasteiger partial charge in [-0.25, -0.2) is 0 Å². The zero-order valence-electron chi connectivity index (χ0n) is 6.51. The van der Waals surface area contributed by atoms with Crippen molar-refractivity contribution < 1.29 is 5.11 Å². The predicted octanol–water partition coefficient (Wildman–Crippen LogP) is 0.264. The molecule has 0 amide bonds. The van der Waals surface area contributed by atoms with E-state index in [1.807, 2.05) is 22.7 Å². The minimum absolute atomic E-state index is 0.174. The monoisotopic (exact) mass is 163 g/mol. The first-order valence-corrected chi connectivity index (χ1v) is 3.79. The topological polar surface area (TPSA) is 50.4 Å². The molecule has 0 spiro atoms. The van der Waals surface area contributed by atoms with Gasteiger partial charge in [-0.15, -0.1) is 10.2 Å². The number of pyridine rings is 1. The Kier molecular flexibility index (Phi) is 1.75. The number of hydrogen-bond acceptors (Lipinski definition) is 3. The van der Waals surface area contributed by atoms with Gasteiger partial charge in [0.05, 0.1) is 0 Å². The van der Waals surface area contributed by atoms with Gasteiger partial charge in [0, 0.05) is 12.8 Å². The Morgan fingerprint density at radius 3 is 3.17 bits per heavy atom. The SMILES string of the molecule is OCCc1ccc2nncn2c1. The maximum Gasteiger partial charge on any atom is 0.160 e. The molecule has 0 aliphatic carbocycles. The summed E-state index contributed by atoms with van der Waals surface area (Å²) in [5.74, 6) is 0. The fraction of sp³-hybridized carbons (Fsp3) is 0.250. The smallest absolute Gasteiger partial charge is 0.160 e. The van der Waals surface area contributed by atoms with E-state index in [9.17, 15) is 0 Å².